The predicted molar refractivity (Wildman–Crippen MR) is 196 cm³/mol. The Morgan fingerprint density at radius 3 is 2.67 bits per heavy atom. The topological polar surface area (TPSA) is 103 Å². The molecule has 1 fully saturated rings. The van der Waals surface area contributed by atoms with Gasteiger partial charge in [-0.2, -0.15) is 0 Å². The Bertz CT molecular complexity index is 2080. The molecule has 2 aliphatic heterocycles. The Morgan fingerprint density at radius 1 is 1.08 bits per heavy atom. The fourth-order valence-corrected chi connectivity index (χ4v) is 7.85. The number of imide groups is 1. The first kappa shape index (κ1) is 34.6. The lowest BCUT2D eigenvalue weighted by Crippen LogP contribution is -2.44. The van der Waals surface area contributed by atoms with Crippen LogP contribution in [-0.2, 0) is 35.6 Å². The molecular formula is C40H43ClN6O4. The van der Waals surface area contributed by atoms with Gasteiger partial charge in [0, 0.05) is 49.8 Å². The van der Waals surface area contributed by atoms with Crippen molar-refractivity contribution in [2.24, 2.45) is 5.92 Å². The maximum absolute atomic E-state index is 14.6. The van der Waals surface area contributed by atoms with Crippen LogP contribution in [0, 0.1) is 12.8 Å². The fraction of sp³-hybridized carbons (Fsp3) is 0.375. The van der Waals surface area contributed by atoms with Crippen LogP contribution < -0.4 is 4.74 Å². The second-order valence-corrected chi connectivity index (χ2v) is 14.7. The Hall–Kier alpha value is -4.80. The highest BCUT2D eigenvalue weighted by Gasteiger charge is 2.43. The van der Waals surface area contributed by atoms with E-state index in [1.54, 1.807) is 10.9 Å². The number of aromatic nitrogens is 4. The summed E-state index contributed by atoms with van der Waals surface area (Å²) in [7, 11) is 0. The Labute approximate surface area is 303 Å². The van der Waals surface area contributed by atoms with Crippen molar-refractivity contribution in [3.8, 4) is 5.88 Å². The van der Waals surface area contributed by atoms with Crippen LogP contribution in [-0.4, -0.2) is 66.6 Å². The van der Waals surface area contributed by atoms with E-state index in [2.05, 4.69) is 65.2 Å². The molecule has 0 bridgehead atoms. The molecule has 3 atom stereocenters. The van der Waals surface area contributed by atoms with E-state index in [1.165, 1.54) is 4.90 Å². The molecule has 0 radical (unpaired) electrons. The molecule has 11 heteroatoms. The number of aryl methyl sites for hydroxylation is 2. The van der Waals surface area contributed by atoms with Crippen molar-refractivity contribution in [2.45, 2.75) is 78.2 Å². The number of carbonyl (C=O) groups excluding carboxylic acids is 2. The normalized spacial score (nSPS) is 18.5. The maximum atomic E-state index is 14.6. The van der Waals surface area contributed by atoms with E-state index in [9.17, 15) is 9.59 Å². The van der Waals surface area contributed by atoms with Crippen LogP contribution in [0.4, 0.5) is 4.79 Å². The molecule has 5 aromatic rings. The first-order valence-electron chi connectivity index (χ1n) is 17.5. The second-order valence-electron chi connectivity index (χ2n) is 14.3. The molecule has 2 aromatic heterocycles. The highest BCUT2D eigenvalue weighted by Crippen LogP contribution is 2.41. The van der Waals surface area contributed by atoms with Gasteiger partial charge in [0.2, 0.25) is 11.8 Å². The van der Waals surface area contributed by atoms with Gasteiger partial charge in [0.05, 0.1) is 16.6 Å². The highest BCUT2D eigenvalue weighted by atomic mass is 35.5. The number of ether oxygens (including phenoxy) is 2. The monoisotopic (exact) mass is 706 g/mol. The summed E-state index contributed by atoms with van der Waals surface area (Å²) in [6, 6.07) is 23.7. The van der Waals surface area contributed by atoms with Gasteiger partial charge in [-0.1, -0.05) is 84.4 Å². The summed E-state index contributed by atoms with van der Waals surface area (Å²) < 4.78 is 13.6. The van der Waals surface area contributed by atoms with Gasteiger partial charge < -0.3 is 9.47 Å². The number of hydrogen-bond donors (Lipinski definition) is 0. The number of benzene rings is 3. The van der Waals surface area contributed by atoms with Crippen LogP contribution in [0.25, 0.3) is 11.0 Å². The largest absolute Gasteiger partial charge is 0.470 e. The molecule has 0 N–H and O–H groups in total. The van der Waals surface area contributed by atoms with E-state index in [1.807, 2.05) is 62.4 Å². The van der Waals surface area contributed by atoms with Gasteiger partial charge in [0.25, 0.3) is 0 Å². The van der Waals surface area contributed by atoms with Gasteiger partial charge >= 0.3 is 6.09 Å². The number of carbonyl (C=O) groups is 2. The van der Waals surface area contributed by atoms with Crippen molar-refractivity contribution in [1.29, 1.82) is 0 Å². The zero-order valence-corrected chi connectivity index (χ0v) is 30.4. The van der Waals surface area contributed by atoms with Crippen molar-refractivity contribution >= 4 is 34.6 Å². The molecule has 3 aromatic carbocycles. The van der Waals surface area contributed by atoms with Crippen LogP contribution in [0.1, 0.15) is 67.0 Å². The van der Waals surface area contributed by atoms with Crippen LogP contribution in [0.2, 0.25) is 5.02 Å². The van der Waals surface area contributed by atoms with E-state index in [4.69, 9.17) is 21.1 Å². The molecule has 0 aliphatic carbocycles. The summed E-state index contributed by atoms with van der Waals surface area (Å²) in [5.41, 5.74) is 6.93. The summed E-state index contributed by atoms with van der Waals surface area (Å²) in [6.45, 7) is 13.0. The maximum Gasteiger partial charge on any atom is 0.416 e. The van der Waals surface area contributed by atoms with Gasteiger partial charge in [-0.05, 0) is 74.1 Å². The average molecular weight is 707 g/mol. The summed E-state index contributed by atoms with van der Waals surface area (Å²) in [6.07, 6.45) is 1.65. The number of amides is 2. The van der Waals surface area contributed by atoms with Gasteiger partial charge in [-0.25, -0.2) is 19.4 Å². The van der Waals surface area contributed by atoms with Gasteiger partial charge in [0.1, 0.15) is 17.7 Å². The zero-order valence-electron chi connectivity index (χ0n) is 29.7. The Balaban J connectivity index is 1.27. The molecule has 0 spiro atoms. The average Bonchev–Trinajstić information content (AvgIpc) is 3.67. The summed E-state index contributed by atoms with van der Waals surface area (Å²) in [4.78, 5) is 36.0. The smallest absolute Gasteiger partial charge is 0.416 e. The van der Waals surface area contributed by atoms with Gasteiger partial charge in [-0.15, -0.1) is 5.10 Å². The molecule has 2 aliphatic rings. The summed E-state index contributed by atoms with van der Waals surface area (Å²) in [5.74, 6) is -0.822. The Morgan fingerprint density at radius 2 is 1.88 bits per heavy atom. The van der Waals surface area contributed by atoms with Crippen molar-refractivity contribution in [3.63, 3.8) is 0 Å². The van der Waals surface area contributed by atoms with Crippen molar-refractivity contribution < 1.29 is 19.1 Å². The SMILES string of the molecule is CCn1nnc2c(Cl)c(C(c3ccc(C)c(CN4Cc5cccnc5OC(C)(C)C4)c3)C(C)C(=O)N3C(=O)OC[C@H]3Cc3ccccc3)ccc21. The molecular weight excluding hydrogens is 664 g/mol. The number of cyclic esters (lactones) is 1. The van der Waals surface area contributed by atoms with Gasteiger partial charge in [-0.3, -0.25) is 9.69 Å². The van der Waals surface area contributed by atoms with Crippen LogP contribution >= 0.6 is 11.6 Å². The minimum atomic E-state index is -0.677. The molecule has 4 heterocycles. The second kappa shape index (κ2) is 14.1. The van der Waals surface area contributed by atoms with E-state index in [0.29, 0.717) is 49.0 Å². The summed E-state index contributed by atoms with van der Waals surface area (Å²) in [5, 5.41) is 9.16. The lowest BCUT2D eigenvalue weighted by molar-refractivity contribution is -0.133. The first-order chi connectivity index (χ1) is 24.5. The molecule has 2 amide bonds. The molecule has 1 saturated heterocycles. The van der Waals surface area contributed by atoms with Crippen LogP contribution in [0.5, 0.6) is 5.88 Å². The third-order valence-corrected chi connectivity index (χ3v) is 10.4. The van der Waals surface area contributed by atoms with Crippen molar-refractivity contribution in [3.05, 3.63) is 117 Å². The standard InChI is InChI=1S/C40H43ClN6O4/c1-6-46-33-17-16-32(35(41)36(33)43-44-46)34(26(3)38(48)47-31(23-50-39(47)49)19-27-11-8-7-9-12-27)28-15-14-25(2)30(20-28)22-45-21-29-13-10-18-42-37(29)51-40(4,5)24-45/h7-18,20,26,31,34H,6,19,21-24H2,1-5H3/t26?,31-,34?/m1/s1. The number of hydrogen-bond acceptors (Lipinski definition) is 8. The first-order valence-corrected chi connectivity index (χ1v) is 17.9. The lowest BCUT2D eigenvalue weighted by Gasteiger charge is -2.31. The highest BCUT2D eigenvalue weighted by molar-refractivity contribution is 6.35. The zero-order chi connectivity index (χ0) is 35.9. The molecule has 264 valence electrons. The summed E-state index contributed by atoms with van der Waals surface area (Å²) >= 11 is 7.19. The predicted octanol–water partition coefficient (Wildman–Crippen LogP) is 7.34. The minimum Gasteiger partial charge on any atom is -0.470 e. The number of halogens is 1. The van der Waals surface area contributed by atoms with E-state index >= 15 is 0 Å². The third-order valence-electron chi connectivity index (χ3n) is 10.0. The van der Waals surface area contributed by atoms with Crippen molar-refractivity contribution in [2.75, 3.05) is 13.2 Å². The minimum absolute atomic E-state index is 0.146. The van der Waals surface area contributed by atoms with E-state index < -0.39 is 29.6 Å². The van der Waals surface area contributed by atoms with E-state index in [0.717, 1.165) is 38.9 Å². The quantitative estimate of drug-likeness (QED) is 0.157. The number of rotatable bonds is 9. The number of nitrogens with zero attached hydrogens (tertiary/aromatic N) is 6. The lowest BCUT2D eigenvalue weighted by atomic mass is 9.79. The molecule has 10 nitrogen and oxygen atoms in total. The van der Waals surface area contributed by atoms with Crippen molar-refractivity contribution in [1.82, 2.24) is 29.8 Å². The van der Waals surface area contributed by atoms with Crippen LogP contribution in [0.3, 0.4) is 0 Å². The third kappa shape index (κ3) is 6.95. The molecule has 0 saturated carbocycles. The number of fused-ring (bicyclic) bond motifs is 2. The van der Waals surface area contributed by atoms with E-state index in [-0.39, 0.29) is 12.5 Å². The molecule has 7 rings (SSSR count). The fourth-order valence-electron chi connectivity index (χ4n) is 7.53. The molecule has 2 unspecified atom stereocenters. The molecule has 51 heavy (non-hydrogen) atoms. The van der Waals surface area contributed by atoms with Gasteiger partial charge in [0.15, 0.2) is 0 Å². The number of pyridine rings is 1. The Kier molecular flexibility index (Phi) is 9.56. The van der Waals surface area contributed by atoms with Crippen LogP contribution in [0.15, 0.2) is 79.0 Å².